The van der Waals surface area contributed by atoms with Gasteiger partial charge >= 0.3 is 0 Å². The van der Waals surface area contributed by atoms with Crippen molar-refractivity contribution in [2.45, 2.75) is 20.8 Å². The molecule has 0 amide bonds. The van der Waals surface area contributed by atoms with Crippen LogP contribution in [0.15, 0.2) is 49.1 Å². The molecule has 0 aromatic rings. The van der Waals surface area contributed by atoms with Crippen molar-refractivity contribution >= 4 is 0 Å². The van der Waals surface area contributed by atoms with Crippen LogP contribution in [0, 0.1) is 0 Å². The molecule has 0 saturated carbocycles. The molecular weight excluding hydrogens is 132 g/mol. The van der Waals surface area contributed by atoms with Gasteiger partial charge in [0.25, 0.3) is 0 Å². The Hall–Kier alpha value is -1.04. The van der Waals surface area contributed by atoms with Gasteiger partial charge in [0.2, 0.25) is 0 Å². The summed E-state index contributed by atoms with van der Waals surface area (Å²) in [6.45, 7) is 15.8. The minimum absolute atomic E-state index is 1.24. The van der Waals surface area contributed by atoms with Gasteiger partial charge in [-0.15, -0.1) is 13.2 Å². The van der Waals surface area contributed by atoms with Crippen molar-refractivity contribution in [2.75, 3.05) is 0 Å². The maximum Gasteiger partial charge on any atom is -0.0395 e. The van der Waals surface area contributed by atoms with Crippen molar-refractivity contribution < 1.29 is 0 Å². The zero-order valence-corrected chi connectivity index (χ0v) is 7.85. The fourth-order valence-corrected chi connectivity index (χ4v) is 0.542. The van der Waals surface area contributed by atoms with Gasteiger partial charge in [0.1, 0.15) is 0 Å². The van der Waals surface area contributed by atoms with E-state index in [0.29, 0.717) is 0 Å². The molecule has 0 aliphatic heterocycles. The first-order chi connectivity index (χ1) is 5.22. The van der Waals surface area contributed by atoms with Crippen molar-refractivity contribution in [1.29, 1.82) is 0 Å². The van der Waals surface area contributed by atoms with Gasteiger partial charge in [-0.25, -0.2) is 0 Å². The molecule has 0 rings (SSSR count). The number of hydrogen-bond donors (Lipinski definition) is 0. The van der Waals surface area contributed by atoms with Crippen molar-refractivity contribution in [1.82, 2.24) is 0 Å². The highest BCUT2D eigenvalue weighted by molar-refractivity contribution is 5.28. The summed E-state index contributed by atoms with van der Waals surface area (Å²) in [5, 5.41) is 0. The normalized spacial score (nSPS) is 11.5. The van der Waals surface area contributed by atoms with Crippen LogP contribution in [0.3, 0.4) is 0 Å². The highest BCUT2D eigenvalue weighted by Crippen LogP contribution is 2.04. The van der Waals surface area contributed by atoms with Gasteiger partial charge in [-0.3, -0.25) is 0 Å². The quantitative estimate of drug-likeness (QED) is 0.414. The van der Waals surface area contributed by atoms with Crippen LogP contribution in [-0.2, 0) is 0 Å². The molecule has 0 aromatic carbocycles. The predicted molar refractivity (Wildman–Crippen MR) is 54.6 cm³/mol. The van der Waals surface area contributed by atoms with Crippen molar-refractivity contribution in [2.24, 2.45) is 0 Å². The topological polar surface area (TPSA) is 0 Å². The van der Waals surface area contributed by atoms with E-state index in [4.69, 9.17) is 0 Å². The first-order valence-corrected chi connectivity index (χ1v) is 3.65. The fourth-order valence-electron chi connectivity index (χ4n) is 0.542. The van der Waals surface area contributed by atoms with E-state index in [1.165, 1.54) is 11.1 Å². The van der Waals surface area contributed by atoms with E-state index >= 15 is 0 Å². The molecule has 62 valence electrons. The maximum atomic E-state index is 3.67. The van der Waals surface area contributed by atoms with E-state index in [1.54, 1.807) is 0 Å². The second-order valence-corrected chi connectivity index (χ2v) is 2.07. The van der Waals surface area contributed by atoms with Crippen LogP contribution >= 0.6 is 0 Å². The highest BCUT2D eigenvalue weighted by atomic mass is 13.9. The van der Waals surface area contributed by atoms with Gasteiger partial charge in [-0.2, -0.15) is 0 Å². The summed E-state index contributed by atoms with van der Waals surface area (Å²) in [7, 11) is 0. The van der Waals surface area contributed by atoms with E-state index in [-0.39, 0.29) is 0 Å². The minimum atomic E-state index is 1.24. The standard InChI is InChI=1S/C9H14.C2H4/c1-5-7-9(4)8(3)6-2;1-2/h5-7H,2H2,1,3-4H3;1-2H2/b7-5-,9-8-;. The number of rotatable bonds is 2. The van der Waals surface area contributed by atoms with E-state index in [9.17, 15) is 0 Å². The van der Waals surface area contributed by atoms with Crippen LogP contribution in [0.1, 0.15) is 20.8 Å². The second kappa shape index (κ2) is 8.96. The van der Waals surface area contributed by atoms with Crippen LogP contribution in [0.5, 0.6) is 0 Å². The second-order valence-electron chi connectivity index (χ2n) is 2.07. The van der Waals surface area contributed by atoms with Gasteiger partial charge in [0, 0.05) is 0 Å². The molecule has 0 aliphatic carbocycles. The molecule has 0 heteroatoms. The van der Waals surface area contributed by atoms with E-state index in [1.807, 2.05) is 19.1 Å². The van der Waals surface area contributed by atoms with Crippen molar-refractivity contribution in [3.05, 3.63) is 49.1 Å². The van der Waals surface area contributed by atoms with E-state index in [2.05, 4.69) is 39.7 Å². The lowest BCUT2D eigenvalue weighted by Gasteiger charge is -1.93. The van der Waals surface area contributed by atoms with Crippen molar-refractivity contribution in [3.63, 3.8) is 0 Å². The summed E-state index contributed by atoms with van der Waals surface area (Å²) in [4.78, 5) is 0. The lowest BCUT2D eigenvalue weighted by atomic mass is 10.1. The summed E-state index contributed by atoms with van der Waals surface area (Å²) in [5.41, 5.74) is 2.53. The monoisotopic (exact) mass is 150 g/mol. The third-order valence-corrected chi connectivity index (χ3v) is 1.34. The molecule has 0 aliphatic rings. The molecule has 0 unspecified atom stereocenters. The molecule has 0 heterocycles. The Bertz CT molecular complexity index is 159. The zero-order valence-electron chi connectivity index (χ0n) is 7.85. The Balaban J connectivity index is 0. The highest BCUT2D eigenvalue weighted by Gasteiger charge is 1.83. The molecular formula is C11H18. The van der Waals surface area contributed by atoms with Gasteiger partial charge in [-0.1, -0.05) is 24.8 Å². The van der Waals surface area contributed by atoms with Crippen LogP contribution in [0.4, 0.5) is 0 Å². The lowest BCUT2D eigenvalue weighted by molar-refractivity contribution is 1.37. The van der Waals surface area contributed by atoms with Crippen molar-refractivity contribution in [3.8, 4) is 0 Å². The molecule has 0 N–H and O–H groups in total. The molecule has 0 aromatic heterocycles. The fraction of sp³-hybridized carbons (Fsp3) is 0.273. The van der Waals surface area contributed by atoms with Gasteiger partial charge in [-0.05, 0) is 31.9 Å². The summed E-state index contributed by atoms with van der Waals surface area (Å²) < 4.78 is 0. The third-order valence-electron chi connectivity index (χ3n) is 1.34. The maximum absolute atomic E-state index is 3.67. The molecule has 0 spiro atoms. The molecule has 0 nitrogen and oxygen atoms in total. The molecule has 11 heavy (non-hydrogen) atoms. The first kappa shape index (κ1) is 12.6. The van der Waals surface area contributed by atoms with Crippen LogP contribution in [0.25, 0.3) is 0 Å². The average molecular weight is 150 g/mol. The zero-order chi connectivity index (χ0) is 9.28. The van der Waals surface area contributed by atoms with Gasteiger partial charge in [0.15, 0.2) is 0 Å². The SMILES string of the molecule is C=C.C=C/C(C)=C(C)\C=C/C. The Morgan fingerprint density at radius 3 is 1.82 bits per heavy atom. The van der Waals surface area contributed by atoms with Crippen LogP contribution < -0.4 is 0 Å². The number of hydrogen-bond acceptors (Lipinski definition) is 0. The van der Waals surface area contributed by atoms with E-state index in [0.717, 1.165) is 0 Å². The lowest BCUT2D eigenvalue weighted by Crippen LogP contribution is -1.73. The molecule has 0 saturated heterocycles. The number of allylic oxidation sites excluding steroid dienone is 5. The average Bonchev–Trinajstić information content (AvgIpc) is 2.07. The summed E-state index contributed by atoms with van der Waals surface area (Å²) >= 11 is 0. The van der Waals surface area contributed by atoms with Gasteiger partial charge in [0.05, 0.1) is 0 Å². The summed E-state index contributed by atoms with van der Waals surface area (Å²) in [6, 6.07) is 0. The first-order valence-electron chi connectivity index (χ1n) is 3.65. The Kier molecular flexibility index (Phi) is 10.3. The molecule has 0 radical (unpaired) electrons. The summed E-state index contributed by atoms with van der Waals surface area (Å²) in [6.07, 6.45) is 5.98. The molecule has 0 fully saturated rings. The molecule has 0 atom stereocenters. The minimum Gasteiger partial charge on any atom is -0.106 e. The Labute approximate surface area is 70.6 Å². The van der Waals surface area contributed by atoms with Crippen LogP contribution in [0.2, 0.25) is 0 Å². The third kappa shape index (κ3) is 6.85. The smallest absolute Gasteiger partial charge is 0.0395 e. The molecule has 0 bridgehead atoms. The predicted octanol–water partition coefficient (Wildman–Crippen LogP) is 3.89. The Morgan fingerprint density at radius 1 is 1.09 bits per heavy atom. The summed E-state index contributed by atoms with van der Waals surface area (Å²) in [5.74, 6) is 0. The largest absolute Gasteiger partial charge is 0.106 e. The Morgan fingerprint density at radius 2 is 1.55 bits per heavy atom. The van der Waals surface area contributed by atoms with Crippen LogP contribution in [-0.4, -0.2) is 0 Å². The van der Waals surface area contributed by atoms with Gasteiger partial charge < -0.3 is 0 Å². The van der Waals surface area contributed by atoms with E-state index < -0.39 is 0 Å².